The fraction of sp³-hybridized carbons (Fsp3) is 0.643. The van der Waals surface area contributed by atoms with E-state index in [9.17, 15) is 0 Å². The van der Waals surface area contributed by atoms with Gasteiger partial charge in [-0.1, -0.05) is 6.92 Å². The molecule has 1 aromatic heterocycles. The number of hydrogen-bond acceptors (Lipinski definition) is 5. The number of pyridine rings is 1. The molecular weight excluding hydrogens is 240 g/mol. The average molecular weight is 264 g/mol. The van der Waals surface area contributed by atoms with E-state index in [4.69, 9.17) is 10.5 Å². The van der Waals surface area contributed by atoms with Crippen LogP contribution < -0.4 is 15.8 Å². The smallest absolute Gasteiger partial charge is 0.239 e. The molecule has 3 N–H and O–H groups in total. The lowest BCUT2D eigenvalue weighted by atomic mass is 10.4. The fourth-order valence-corrected chi connectivity index (χ4v) is 2.17. The van der Waals surface area contributed by atoms with E-state index in [1.165, 1.54) is 12.8 Å². The van der Waals surface area contributed by atoms with Crippen molar-refractivity contribution >= 4 is 11.5 Å². The number of nitrogens with two attached hydrogens (primary N) is 1. The van der Waals surface area contributed by atoms with Crippen molar-refractivity contribution in [2.24, 2.45) is 0 Å². The first-order valence-corrected chi connectivity index (χ1v) is 7.11. The third-order valence-electron chi connectivity index (χ3n) is 3.35. The SMILES string of the molecule is CCOc1nc(NCCN(CC)C2CC2)ccc1N. The van der Waals surface area contributed by atoms with Crippen LogP contribution in [-0.2, 0) is 0 Å². The summed E-state index contributed by atoms with van der Waals surface area (Å²) >= 11 is 0. The Morgan fingerprint density at radius 1 is 1.42 bits per heavy atom. The topological polar surface area (TPSA) is 63.4 Å². The van der Waals surface area contributed by atoms with Crippen LogP contribution in [0.4, 0.5) is 11.5 Å². The van der Waals surface area contributed by atoms with Crippen molar-refractivity contribution in [3.8, 4) is 5.88 Å². The highest BCUT2D eigenvalue weighted by atomic mass is 16.5. The molecule has 0 aliphatic heterocycles. The summed E-state index contributed by atoms with van der Waals surface area (Å²) in [5, 5.41) is 3.33. The molecule has 0 amide bonds. The van der Waals surface area contributed by atoms with Crippen LogP contribution in [0.3, 0.4) is 0 Å². The minimum atomic E-state index is 0.516. The molecule has 0 saturated heterocycles. The lowest BCUT2D eigenvalue weighted by Gasteiger charge is -2.20. The minimum absolute atomic E-state index is 0.516. The van der Waals surface area contributed by atoms with Gasteiger partial charge in [0, 0.05) is 19.1 Å². The zero-order chi connectivity index (χ0) is 13.7. The Kier molecular flexibility index (Phi) is 4.85. The van der Waals surface area contributed by atoms with Gasteiger partial charge in [0.15, 0.2) is 0 Å². The van der Waals surface area contributed by atoms with Crippen molar-refractivity contribution in [1.82, 2.24) is 9.88 Å². The number of nitrogens with zero attached hydrogens (tertiary/aromatic N) is 2. The van der Waals surface area contributed by atoms with Gasteiger partial charge in [0.25, 0.3) is 0 Å². The average Bonchev–Trinajstić information content (AvgIpc) is 3.23. The lowest BCUT2D eigenvalue weighted by Crippen LogP contribution is -2.31. The van der Waals surface area contributed by atoms with Crippen molar-refractivity contribution in [2.75, 3.05) is 37.3 Å². The molecule has 0 unspecified atom stereocenters. The number of anilines is 2. The highest BCUT2D eigenvalue weighted by molar-refractivity contribution is 5.53. The summed E-state index contributed by atoms with van der Waals surface area (Å²) in [6.07, 6.45) is 2.70. The maximum absolute atomic E-state index is 5.80. The van der Waals surface area contributed by atoms with Crippen molar-refractivity contribution in [3.63, 3.8) is 0 Å². The Morgan fingerprint density at radius 2 is 2.21 bits per heavy atom. The molecule has 0 radical (unpaired) electrons. The normalized spacial score (nSPS) is 14.7. The molecule has 1 heterocycles. The first kappa shape index (κ1) is 13.9. The number of likely N-dealkylation sites (N-methyl/N-ethyl adjacent to an activating group) is 1. The molecule has 5 nitrogen and oxygen atoms in total. The second-order valence-corrected chi connectivity index (χ2v) is 4.81. The Labute approximate surface area is 115 Å². The van der Waals surface area contributed by atoms with E-state index in [-0.39, 0.29) is 0 Å². The summed E-state index contributed by atoms with van der Waals surface area (Å²) in [4.78, 5) is 6.88. The van der Waals surface area contributed by atoms with Crippen LogP contribution in [0.25, 0.3) is 0 Å². The highest BCUT2D eigenvalue weighted by Gasteiger charge is 2.27. The molecule has 1 saturated carbocycles. The van der Waals surface area contributed by atoms with E-state index in [2.05, 4.69) is 22.1 Å². The van der Waals surface area contributed by atoms with Crippen molar-refractivity contribution in [3.05, 3.63) is 12.1 Å². The predicted molar refractivity (Wildman–Crippen MR) is 78.6 cm³/mol. The molecule has 0 bridgehead atoms. The number of ether oxygens (including phenoxy) is 1. The molecular formula is C14H24N4O. The van der Waals surface area contributed by atoms with Gasteiger partial charge in [-0.05, 0) is 38.4 Å². The summed E-state index contributed by atoms with van der Waals surface area (Å²) in [5.41, 5.74) is 6.38. The number of nitrogen functional groups attached to an aromatic ring is 1. The molecule has 0 spiro atoms. The number of nitrogens with one attached hydrogen (secondary N) is 1. The standard InChI is InChI=1S/C14H24N4O/c1-3-18(11-5-6-11)10-9-16-13-8-7-12(15)14(17-13)19-4-2/h7-8,11H,3-6,9-10,15H2,1-2H3,(H,16,17). The highest BCUT2D eigenvalue weighted by Crippen LogP contribution is 2.26. The fourth-order valence-electron chi connectivity index (χ4n) is 2.17. The summed E-state index contributed by atoms with van der Waals surface area (Å²) in [6, 6.07) is 4.54. The van der Waals surface area contributed by atoms with Gasteiger partial charge in [-0.3, -0.25) is 4.90 Å². The Hall–Kier alpha value is -1.49. The van der Waals surface area contributed by atoms with Crippen molar-refractivity contribution in [1.29, 1.82) is 0 Å². The van der Waals surface area contributed by atoms with Crippen molar-refractivity contribution < 1.29 is 4.74 Å². The van der Waals surface area contributed by atoms with E-state index < -0.39 is 0 Å². The molecule has 0 aromatic carbocycles. The van der Waals surface area contributed by atoms with Gasteiger partial charge in [0.05, 0.1) is 12.3 Å². The molecule has 5 heteroatoms. The van der Waals surface area contributed by atoms with Crippen LogP contribution in [0.2, 0.25) is 0 Å². The summed E-state index contributed by atoms with van der Waals surface area (Å²) < 4.78 is 5.39. The van der Waals surface area contributed by atoms with E-state index in [0.29, 0.717) is 18.2 Å². The second-order valence-electron chi connectivity index (χ2n) is 4.81. The first-order chi connectivity index (χ1) is 9.24. The largest absolute Gasteiger partial charge is 0.476 e. The van der Waals surface area contributed by atoms with Crippen LogP contribution in [0, 0.1) is 0 Å². The van der Waals surface area contributed by atoms with Crippen LogP contribution in [-0.4, -0.2) is 42.2 Å². The van der Waals surface area contributed by atoms with E-state index in [0.717, 1.165) is 31.5 Å². The molecule has 2 rings (SSSR count). The predicted octanol–water partition coefficient (Wildman–Crippen LogP) is 1.96. The van der Waals surface area contributed by atoms with E-state index in [1.54, 1.807) is 0 Å². The van der Waals surface area contributed by atoms with Crippen LogP contribution in [0.15, 0.2) is 12.1 Å². The zero-order valence-electron chi connectivity index (χ0n) is 11.9. The maximum Gasteiger partial charge on any atom is 0.239 e. The summed E-state index contributed by atoms with van der Waals surface area (Å²) in [6.45, 7) is 7.78. The van der Waals surface area contributed by atoms with Crippen LogP contribution in [0.5, 0.6) is 5.88 Å². The molecule has 19 heavy (non-hydrogen) atoms. The van der Waals surface area contributed by atoms with Gasteiger partial charge in [0.2, 0.25) is 5.88 Å². The van der Waals surface area contributed by atoms with E-state index in [1.807, 2.05) is 19.1 Å². The van der Waals surface area contributed by atoms with Gasteiger partial charge >= 0.3 is 0 Å². The summed E-state index contributed by atoms with van der Waals surface area (Å²) in [7, 11) is 0. The monoisotopic (exact) mass is 264 g/mol. The number of hydrogen-bond donors (Lipinski definition) is 2. The second kappa shape index (κ2) is 6.61. The summed E-state index contributed by atoms with van der Waals surface area (Å²) in [5.74, 6) is 1.34. The number of aromatic nitrogens is 1. The first-order valence-electron chi connectivity index (χ1n) is 7.11. The maximum atomic E-state index is 5.80. The third kappa shape index (κ3) is 3.99. The van der Waals surface area contributed by atoms with Gasteiger partial charge in [-0.25, -0.2) is 0 Å². The van der Waals surface area contributed by atoms with Gasteiger partial charge in [0.1, 0.15) is 5.82 Å². The quantitative estimate of drug-likeness (QED) is 0.751. The minimum Gasteiger partial charge on any atom is -0.476 e. The molecule has 1 fully saturated rings. The Bertz CT molecular complexity index is 406. The molecule has 106 valence electrons. The lowest BCUT2D eigenvalue weighted by molar-refractivity contribution is 0.288. The Morgan fingerprint density at radius 3 is 2.84 bits per heavy atom. The number of rotatable bonds is 8. The van der Waals surface area contributed by atoms with Crippen LogP contribution >= 0.6 is 0 Å². The molecule has 1 aliphatic rings. The Balaban J connectivity index is 1.83. The molecule has 1 aromatic rings. The zero-order valence-corrected chi connectivity index (χ0v) is 11.9. The molecule has 0 atom stereocenters. The van der Waals surface area contributed by atoms with Crippen LogP contribution in [0.1, 0.15) is 26.7 Å². The molecule has 1 aliphatic carbocycles. The van der Waals surface area contributed by atoms with Gasteiger partial charge < -0.3 is 15.8 Å². The van der Waals surface area contributed by atoms with Gasteiger partial charge in [-0.2, -0.15) is 4.98 Å². The van der Waals surface area contributed by atoms with Crippen molar-refractivity contribution in [2.45, 2.75) is 32.7 Å². The van der Waals surface area contributed by atoms with Gasteiger partial charge in [-0.15, -0.1) is 0 Å². The van der Waals surface area contributed by atoms with E-state index >= 15 is 0 Å². The third-order valence-corrected chi connectivity index (χ3v) is 3.35.